The van der Waals surface area contributed by atoms with Crippen LogP contribution >= 0.6 is 11.8 Å². The molecular weight excluding hydrogens is 302 g/mol. The van der Waals surface area contributed by atoms with Crippen molar-refractivity contribution in [3.63, 3.8) is 0 Å². The quantitative estimate of drug-likeness (QED) is 0.582. The summed E-state index contributed by atoms with van der Waals surface area (Å²) in [7, 11) is 0. The highest BCUT2D eigenvalue weighted by molar-refractivity contribution is 7.98. The van der Waals surface area contributed by atoms with E-state index in [1.54, 1.807) is 37.8 Å². The molecule has 2 N–H and O–H groups in total. The predicted octanol–water partition coefficient (Wildman–Crippen LogP) is 4.16. The summed E-state index contributed by atoms with van der Waals surface area (Å²) in [4.78, 5) is 23.7. The third-order valence-electron chi connectivity index (χ3n) is 2.98. The second-order valence-electron chi connectivity index (χ2n) is 4.70. The van der Waals surface area contributed by atoms with Crippen molar-refractivity contribution in [2.75, 3.05) is 11.6 Å². The molecule has 1 atom stereocenters. The van der Waals surface area contributed by atoms with E-state index in [-0.39, 0.29) is 0 Å². The number of hydrogen-bond acceptors (Lipinski definition) is 4. The summed E-state index contributed by atoms with van der Waals surface area (Å²) in [6.07, 6.45) is 3.41. The molecule has 1 aromatic carbocycles. The Morgan fingerprint density at radius 3 is 2.77 bits per heavy atom. The minimum absolute atomic E-state index is 0.323. The van der Waals surface area contributed by atoms with Crippen molar-refractivity contribution < 1.29 is 19.4 Å². The Bertz CT molecular complexity index is 557. The summed E-state index contributed by atoms with van der Waals surface area (Å²) in [6.45, 7) is 3.50. The zero-order chi connectivity index (χ0) is 16.5. The maximum atomic E-state index is 11.8. The second kappa shape index (κ2) is 9.15. The molecule has 0 aliphatic heterocycles. The molecule has 0 aromatic heterocycles. The van der Waals surface area contributed by atoms with Crippen LogP contribution in [0.5, 0.6) is 0 Å². The molecular formula is C16H21NO4S. The van der Waals surface area contributed by atoms with Gasteiger partial charge in [-0.15, -0.1) is 11.8 Å². The molecule has 6 heteroatoms. The Labute approximate surface area is 134 Å². The highest BCUT2D eigenvalue weighted by Crippen LogP contribution is 2.19. The van der Waals surface area contributed by atoms with Crippen molar-refractivity contribution in [1.82, 2.24) is 0 Å². The van der Waals surface area contributed by atoms with Gasteiger partial charge in [0.2, 0.25) is 0 Å². The average molecular weight is 323 g/mol. The van der Waals surface area contributed by atoms with Gasteiger partial charge in [0, 0.05) is 22.6 Å². The SMILES string of the molecule is CCC(=CCC(C)OC(=O)Nc1cccc(SC)c1)C(=O)O. The first kappa shape index (κ1) is 18.1. The molecule has 0 aliphatic carbocycles. The Hall–Kier alpha value is -1.95. The van der Waals surface area contributed by atoms with Gasteiger partial charge >= 0.3 is 12.1 Å². The fourth-order valence-electron chi connectivity index (χ4n) is 1.77. The first-order valence-electron chi connectivity index (χ1n) is 7.00. The van der Waals surface area contributed by atoms with E-state index in [0.29, 0.717) is 24.1 Å². The average Bonchev–Trinajstić information content (AvgIpc) is 2.47. The van der Waals surface area contributed by atoms with E-state index in [4.69, 9.17) is 9.84 Å². The van der Waals surface area contributed by atoms with Crippen LogP contribution in [-0.2, 0) is 9.53 Å². The van der Waals surface area contributed by atoms with Gasteiger partial charge in [-0.1, -0.05) is 19.1 Å². The van der Waals surface area contributed by atoms with Gasteiger partial charge in [-0.05, 0) is 37.8 Å². The van der Waals surface area contributed by atoms with Crippen molar-refractivity contribution in [1.29, 1.82) is 0 Å². The maximum absolute atomic E-state index is 11.8. The second-order valence-corrected chi connectivity index (χ2v) is 5.58. The minimum Gasteiger partial charge on any atom is -0.478 e. The van der Waals surface area contributed by atoms with E-state index >= 15 is 0 Å². The molecule has 0 saturated heterocycles. The molecule has 1 unspecified atom stereocenters. The van der Waals surface area contributed by atoms with Crippen LogP contribution in [0.1, 0.15) is 26.7 Å². The van der Waals surface area contributed by atoms with E-state index in [2.05, 4.69) is 5.32 Å². The highest BCUT2D eigenvalue weighted by atomic mass is 32.2. The van der Waals surface area contributed by atoms with Crippen LogP contribution < -0.4 is 5.32 Å². The van der Waals surface area contributed by atoms with Gasteiger partial charge in [0.15, 0.2) is 0 Å². The summed E-state index contributed by atoms with van der Waals surface area (Å²) in [5.41, 5.74) is 0.989. The number of rotatable bonds is 7. The molecule has 1 aromatic rings. The van der Waals surface area contributed by atoms with E-state index in [9.17, 15) is 9.59 Å². The topological polar surface area (TPSA) is 75.6 Å². The van der Waals surface area contributed by atoms with Gasteiger partial charge in [0.05, 0.1) is 0 Å². The highest BCUT2D eigenvalue weighted by Gasteiger charge is 2.11. The van der Waals surface area contributed by atoms with Crippen molar-refractivity contribution in [3.8, 4) is 0 Å². The number of nitrogens with one attached hydrogen (secondary N) is 1. The standard InChI is InChI=1S/C16H21NO4S/c1-4-12(15(18)19)9-8-11(2)21-16(20)17-13-6-5-7-14(10-13)22-3/h5-7,9-11H,4,8H2,1-3H3,(H,17,20)(H,18,19). The van der Waals surface area contributed by atoms with Gasteiger partial charge in [-0.2, -0.15) is 0 Å². The fourth-order valence-corrected chi connectivity index (χ4v) is 2.23. The number of aliphatic carboxylic acids is 1. The van der Waals surface area contributed by atoms with Gasteiger partial charge in [-0.3, -0.25) is 5.32 Å². The molecule has 120 valence electrons. The van der Waals surface area contributed by atoms with Crippen molar-refractivity contribution in [2.24, 2.45) is 0 Å². The summed E-state index contributed by atoms with van der Waals surface area (Å²) < 4.78 is 5.21. The number of benzene rings is 1. The number of amides is 1. The van der Waals surface area contributed by atoms with Crippen LogP contribution in [0.2, 0.25) is 0 Å². The number of carbonyl (C=O) groups is 2. The van der Waals surface area contributed by atoms with Gasteiger partial charge in [0.25, 0.3) is 0 Å². The van der Waals surface area contributed by atoms with Gasteiger partial charge in [0.1, 0.15) is 6.10 Å². The molecule has 0 radical (unpaired) electrons. The summed E-state index contributed by atoms with van der Waals surface area (Å²) >= 11 is 1.58. The van der Waals surface area contributed by atoms with E-state index in [0.717, 1.165) is 4.90 Å². The van der Waals surface area contributed by atoms with Crippen LogP contribution in [0.3, 0.4) is 0 Å². The van der Waals surface area contributed by atoms with Crippen LogP contribution in [0.4, 0.5) is 10.5 Å². The van der Waals surface area contributed by atoms with E-state index < -0.39 is 18.2 Å². The molecule has 22 heavy (non-hydrogen) atoms. The van der Waals surface area contributed by atoms with Crippen molar-refractivity contribution in [3.05, 3.63) is 35.9 Å². The number of anilines is 1. The molecule has 1 amide bonds. The van der Waals surface area contributed by atoms with Gasteiger partial charge in [-0.25, -0.2) is 9.59 Å². The predicted molar refractivity (Wildman–Crippen MR) is 88.4 cm³/mol. The lowest BCUT2D eigenvalue weighted by molar-refractivity contribution is -0.132. The van der Waals surface area contributed by atoms with Crippen LogP contribution in [0, 0.1) is 0 Å². The molecule has 0 spiro atoms. The molecule has 0 heterocycles. The number of carbonyl (C=O) groups excluding carboxylic acids is 1. The lowest BCUT2D eigenvalue weighted by Crippen LogP contribution is -2.20. The van der Waals surface area contributed by atoms with E-state index in [1.807, 2.05) is 24.5 Å². The Morgan fingerprint density at radius 1 is 1.45 bits per heavy atom. The first-order chi connectivity index (χ1) is 10.5. The molecule has 0 aliphatic rings. The summed E-state index contributed by atoms with van der Waals surface area (Å²) in [5.74, 6) is -0.937. The minimum atomic E-state index is -0.937. The zero-order valence-corrected chi connectivity index (χ0v) is 13.8. The number of hydrogen-bond donors (Lipinski definition) is 2. The Balaban J connectivity index is 2.52. The van der Waals surface area contributed by atoms with E-state index in [1.165, 1.54) is 0 Å². The first-order valence-corrected chi connectivity index (χ1v) is 8.22. The Kier molecular flexibility index (Phi) is 7.52. The fraction of sp³-hybridized carbons (Fsp3) is 0.375. The van der Waals surface area contributed by atoms with Crippen LogP contribution in [0.25, 0.3) is 0 Å². The Morgan fingerprint density at radius 2 is 2.18 bits per heavy atom. The summed E-state index contributed by atoms with van der Waals surface area (Å²) in [6, 6.07) is 7.45. The third kappa shape index (κ3) is 6.22. The molecule has 0 saturated carbocycles. The number of ether oxygens (including phenoxy) is 1. The van der Waals surface area contributed by atoms with Crippen LogP contribution in [-0.4, -0.2) is 29.5 Å². The van der Waals surface area contributed by atoms with Crippen molar-refractivity contribution >= 4 is 29.5 Å². The smallest absolute Gasteiger partial charge is 0.411 e. The van der Waals surface area contributed by atoms with Crippen molar-refractivity contribution in [2.45, 2.75) is 37.7 Å². The summed E-state index contributed by atoms with van der Waals surface area (Å²) in [5, 5.41) is 11.6. The monoisotopic (exact) mass is 323 g/mol. The number of carboxylic acid groups (broad SMARTS) is 1. The lowest BCUT2D eigenvalue weighted by atomic mass is 10.1. The molecule has 0 bridgehead atoms. The van der Waals surface area contributed by atoms with Crippen LogP contribution in [0.15, 0.2) is 40.8 Å². The largest absolute Gasteiger partial charge is 0.478 e. The molecule has 0 fully saturated rings. The molecule has 1 rings (SSSR count). The zero-order valence-electron chi connectivity index (χ0n) is 13.0. The number of thioether (sulfide) groups is 1. The van der Waals surface area contributed by atoms with Gasteiger partial charge < -0.3 is 9.84 Å². The lowest BCUT2D eigenvalue weighted by Gasteiger charge is -2.13. The third-order valence-corrected chi connectivity index (χ3v) is 3.70. The normalized spacial score (nSPS) is 12.6. The number of carboxylic acids is 1. The molecule has 5 nitrogen and oxygen atoms in total. The maximum Gasteiger partial charge on any atom is 0.411 e.